The van der Waals surface area contributed by atoms with Crippen LogP contribution in [-0.4, -0.2) is 4.98 Å². The number of benzene rings is 1. The minimum Gasteiger partial charge on any atom is -0.324 e. The first-order valence-electron chi connectivity index (χ1n) is 5.37. The van der Waals surface area contributed by atoms with Gasteiger partial charge in [0.2, 0.25) is 0 Å². The van der Waals surface area contributed by atoms with Crippen molar-refractivity contribution in [1.82, 2.24) is 4.98 Å². The molecule has 1 atom stereocenters. The van der Waals surface area contributed by atoms with Gasteiger partial charge in [0.25, 0.3) is 0 Å². The van der Waals surface area contributed by atoms with Crippen molar-refractivity contribution in [2.75, 3.05) is 0 Å². The predicted molar refractivity (Wildman–Crippen MR) is 71.3 cm³/mol. The Kier molecular flexibility index (Phi) is 4.17. The standard InChI is InChI=1S/C13H11Cl2FN2/c14-10-5-8(1-3-11(10)16)6-12(17)9-2-4-13(15)18-7-9/h1-5,7,12H,6,17H2. The zero-order valence-electron chi connectivity index (χ0n) is 9.41. The lowest BCUT2D eigenvalue weighted by Gasteiger charge is -2.12. The Bertz CT molecular complexity index is 543. The second-order valence-electron chi connectivity index (χ2n) is 3.97. The lowest BCUT2D eigenvalue weighted by Crippen LogP contribution is -2.13. The number of hydrogen-bond donors (Lipinski definition) is 1. The van der Waals surface area contributed by atoms with Gasteiger partial charge in [0.1, 0.15) is 11.0 Å². The summed E-state index contributed by atoms with van der Waals surface area (Å²) in [7, 11) is 0. The van der Waals surface area contributed by atoms with Gasteiger partial charge in [0.15, 0.2) is 0 Å². The van der Waals surface area contributed by atoms with Crippen LogP contribution in [0.5, 0.6) is 0 Å². The third-order valence-corrected chi connectivity index (χ3v) is 3.13. The summed E-state index contributed by atoms with van der Waals surface area (Å²) < 4.78 is 13.0. The van der Waals surface area contributed by atoms with Gasteiger partial charge in [-0.15, -0.1) is 0 Å². The van der Waals surface area contributed by atoms with E-state index in [1.54, 1.807) is 24.4 Å². The van der Waals surface area contributed by atoms with Crippen molar-refractivity contribution in [2.24, 2.45) is 5.73 Å². The Morgan fingerprint density at radius 2 is 2.00 bits per heavy atom. The molecule has 0 aliphatic rings. The van der Waals surface area contributed by atoms with E-state index in [-0.39, 0.29) is 11.1 Å². The molecule has 0 spiro atoms. The molecule has 0 bridgehead atoms. The maximum Gasteiger partial charge on any atom is 0.141 e. The van der Waals surface area contributed by atoms with Crippen molar-refractivity contribution < 1.29 is 4.39 Å². The van der Waals surface area contributed by atoms with E-state index in [0.717, 1.165) is 11.1 Å². The molecule has 2 aromatic rings. The summed E-state index contributed by atoms with van der Waals surface area (Å²) in [4.78, 5) is 3.97. The van der Waals surface area contributed by atoms with Crippen LogP contribution in [0.1, 0.15) is 17.2 Å². The van der Waals surface area contributed by atoms with Gasteiger partial charge >= 0.3 is 0 Å². The smallest absolute Gasteiger partial charge is 0.141 e. The van der Waals surface area contributed by atoms with E-state index < -0.39 is 5.82 Å². The molecule has 94 valence electrons. The fraction of sp³-hybridized carbons (Fsp3) is 0.154. The average Bonchev–Trinajstić information content (AvgIpc) is 2.34. The molecule has 0 aliphatic heterocycles. The van der Waals surface area contributed by atoms with Crippen LogP contribution < -0.4 is 5.73 Å². The van der Waals surface area contributed by atoms with E-state index >= 15 is 0 Å². The highest BCUT2D eigenvalue weighted by Crippen LogP contribution is 2.21. The molecular formula is C13H11Cl2FN2. The molecule has 0 amide bonds. The molecule has 0 aliphatic carbocycles. The molecule has 2 nitrogen and oxygen atoms in total. The Balaban J connectivity index is 2.13. The Morgan fingerprint density at radius 1 is 1.22 bits per heavy atom. The monoisotopic (exact) mass is 284 g/mol. The summed E-state index contributed by atoms with van der Waals surface area (Å²) >= 11 is 11.4. The zero-order valence-corrected chi connectivity index (χ0v) is 10.9. The minimum absolute atomic E-state index is 0.105. The van der Waals surface area contributed by atoms with Gasteiger partial charge in [0.05, 0.1) is 5.02 Å². The van der Waals surface area contributed by atoms with E-state index in [1.165, 1.54) is 6.07 Å². The van der Waals surface area contributed by atoms with E-state index in [1.807, 2.05) is 6.07 Å². The van der Waals surface area contributed by atoms with E-state index in [9.17, 15) is 4.39 Å². The Hall–Kier alpha value is -1.16. The van der Waals surface area contributed by atoms with Crippen LogP contribution in [0.2, 0.25) is 10.2 Å². The highest BCUT2D eigenvalue weighted by Gasteiger charge is 2.09. The largest absolute Gasteiger partial charge is 0.324 e. The molecule has 1 aromatic carbocycles. The van der Waals surface area contributed by atoms with Gasteiger partial charge in [0, 0.05) is 12.2 Å². The van der Waals surface area contributed by atoms with Crippen LogP contribution in [-0.2, 0) is 6.42 Å². The molecule has 0 fully saturated rings. The second-order valence-corrected chi connectivity index (χ2v) is 4.77. The second kappa shape index (κ2) is 5.65. The minimum atomic E-state index is -0.429. The molecule has 5 heteroatoms. The molecule has 0 saturated heterocycles. The first kappa shape index (κ1) is 13.3. The fourth-order valence-electron chi connectivity index (χ4n) is 1.64. The summed E-state index contributed by atoms with van der Waals surface area (Å²) in [6.07, 6.45) is 2.20. The Labute approximate surface area is 115 Å². The third kappa shape index (κ3) is 3.19. The summed E-state index contributed by atoms with van der Waals surface area (Å²) in [6, 6.07) is 7.88. The maximum atomic E-state index is 13.0. The molecule has 2 N–H and O–H groups in total. The summed E-state index contributed by atoms with van der Waals surface area (Å²) in [6.45, 7) is 0. The van der Waals surface area contributed by atoms with Crippen molar-refractivity contribution in [1.29, 1.82) is 0 Å². The SMILES string of the molecule is NC(Cc1ccc(F)c(Cl)c1)c1ccc(Cl)nc1. The molecule has 1 aromatic heterocycles. The number of halogens is 3. The summed E-state index contributed by atoms with van der Waals surface area (Å²) in [5.41, 5.74) is 7.80. The lowest BCUT2D eigenvalue weighted by atomic mass is 10.0. The van der Waals surface area contributed by atoms with Gasteiger partial charge in [-0.3, -0.25) is 0 Å². The highest BCUT2D eigenvalue weighted by atomic mass is 35.5. The number of nitrogens with two attached hydrogens (primary N) is 1. The molecule has 2 rings (SSSR count). The Morgan fingerprint density at radius 3 is 2.61 bits per heavy atom. The summed E-state index contributed by atoms with van der Waals surface area (Å²) in [5.74, 6) is -0.429. The first-order chi connectivity index (χ1) is 8.56. The summed E-state index contributed by atoms with van der Waals surface area (Å²) in [5, 5.41) is 0.532. The lowest BCUT2D eigenvalue weighted by molar-refractivity contribution is 0.626. The number of rotatable bonds is 3. The number of pyridine rings is 1. The third-order valence-electron chi connectivity index (χ3n) is 2.62. The molecule has 0 radical (unpaired) electrons. The average molecular weight is 285 g/mol. The molecular weight excluding hydrogens is 274 g/mol. The van der Waals surface area contributed by atoms with E-state index in [2.05, 4.69) is 4.98 Å². The first-order valence-corrected chi connectivity index (χ1v) is 6.13. The van der Waals surface area contributed by atoms with Crippen molar-refractivity contribution in [2.45, 2.75) is 12.5 Å². The predicted octanol–water partition coefficient (Wildman–Crippen LogP) is 3.77. The van der Waals surface area contributed by atoms with Gasteiger partial charge < -0.3 is 5.73 Å². The van der Waals surface area contributed by atoms with E-state index in [0.29, 0.717) is 11.6 Å². The normalized spacial score (nSPS) is 12.4. The quantitative estimate of drug-likeness (QED) is 0.872. The molecule has 1 unspecified atom stereocenters. The van der Waals surface area contributed by atoms with Crippen LogP contribution in [0.15, 0.2) is 36.5 Å². The topological polar surface area (TPSA) is 38.9 Å². The number of hydrogen-bond acceptors (Lipinski definition) is 2. The molecule has 0 saturated carbocycles. The van der Waals surface area contributed by atoms with Crippen LogP contribution in [0.25, 0.3) is 0 Å². The van der Waals surface area contributed by atoms with Crippen LogP contribution in [0.3, 0.4) is 0 Å². The van der Waals surface area contributed by atoms with Crippen LogP contribution in [0, 0.1) is 5.82 Å². The van der Waals surface area contributed by atoms with Crippen molar-refractivity contribution in [3.63, 3.8) is 0 Å². The zero-order chi connectivity index (χ0) is 13.1. The van der Waals surface area contributed by atoms with E-state index in [4.69, 9.17) is 28.9 Å². The highest BCUT2D eigenvalue weighted by molar-refractivity contribution is 6.30. The van der Waals surface area contributed by atoms with Crippen LogP contribution >= 0.6 is 23.2 Å². The number of aromatic nitrogens is 1. The van der Waals surface area contributed by atoms with Crippen molar-refractivity contribution >= 4 is 23.2 Å². The number of nitrogens with zero attached hydrogens (tertiary/aromatic N) is 1. The van der Waals surface area contributed by atoms with Gasteiger partial charge in [-0.05, 0) is 35.7 Å². The van der Waals surface area contributed by atoms with Gasteiger partial charge in [-0.1, -0.05) is 35.3 Å². The maximum absolute atomic E-state index is 13.0. The molecule has 1 heterocycles. The van der Waals surface area contributed by atoms with Gasteiger partial charge in [-0.2, -0.15) is 0 Å². The fourth-order valence-corrected chi connectivity index (χ4v) is 1.96. The van der Waals surface area contributed by atoms with Crippen molar-refractivity contribution in [3.8, 4) is 0 Å². The molecule has 18 heavy (non-hydrogen) atoms. The van der Waals surface area contributed by atoms with Crippen molar-refractivity contribution in [3.05, 3.63) is 63.6 Å². The van der Waals surface area contributed by atoms with Crippen LogP contribution in [0.4, 0.5) is 4.39 Å². The van der Waals surface area contributed by atoms with Gasteiger partial charge in [-0.25, -0.2) is 9.37 Å².